The first kappa shape index (κ1) is 15.3. The number of anilines is 1. The van der Waals surface area contributed by atoms with Crippen molar-refractivity contribution >= 4 is 28.7 Å². The summed E-state index contributed by atoms with van der Waals surface area (Å²) >= 11 is 0. The van der Waals surface area contributed by atoms with Crippen molar-refractivity contribution in [2.75, 3.05) is 19.0 Å². The van der Waals surface area contributed by atoms with E-state index in [4.69, 9.17) is 4.98 Å². The molecule has 0 amide bonds. The Morgan fingerprint density at radius 2 is 1.70 bits per heavy atom. The maximum Gasteiger partial charge on any atom is 0.0705 e. The van der Waals surface area contributed by atoms with E-state index in [1.54, 1.807) is 0 Å². The fraction of sp³-hybridized carbons (Fsp3) is 0.190. The van der Waals surface area contributed by atoms with Crippen molar-refractivity contribution in [1.82, 2.24) is 4.98 Å². The Morgan fingerprint density at radius 3 is 2.39 bits per heavy atom. The number of nitrogens with zero attached hydrogens (tertiary/aromatic N) is 2. The maximum absolute atomic E-state index is 4.79. The standard InChI is InChI=1S/C21H22N2/c1-4-20-18(15-17-7-5-6-8-21(17)22-20)12-9-16-10-13-19(14-11-16)23(2)3/h5-15H,4H2,1-3H3/b12-9+. The third-order valence-electron chi connectivity index (χ3n) is 4.04. The summed E-state index contributed by atoms with van der Waals surface area (Å²) in [7, 11) is 4.11. The van der Waals surface area contributed by atoms with Gasteiger partial charge in [-0.15, -0.1) is 0 Å². The summed E-state index contributed by atoms with van der Waals surface area (Å²) in [5, 5.41) is 1.19. The van der Waals surface area contributed by atoms with Gasteiger partial charge in [0.25, 0.3) is 0 Å². The molecule has 0 atom stereocenters. The number of pyridine rings is 1. The van der Waals surface area contributed by atoms with Gasteiger partial charge in [0.2, 0.25) is 0 Å². The number of hydrogen-bond donors (Lipinski definition) is 0. The maximum atomic E-state index is 4.79. The van der Waals surface area contributed by atoms with Gasteiger partial charge in [0.15, 0.2) is 0 Å². The molecule has 0 spiro atoms. The van der Waals surface area contributed by atoms with Crippen molar-refractivity contribution < 1.29 is 0 Å². The van der Waals surface area contributed by atoms with Gasteiger partial charge in [-0.25, -0.2) is 0 Å². The van der Waals surface area contributed by atoms with Crippen molar-refractivity contribution in [3.8, 4) is 0 Å². The Balaban J connectivity index is 1.93. The van der Waals surface area contributed by atoms with Crippen LogP contribution in [0, 0.1) is 0 Å². The summed E-state index contributed by atoms with van der Waals surface area (Å²) in [6.07, 6.45) is 5.26. The first-order valence-electron chi connectivity index (χ1n) is 8.01. The molecule has 0 saturated carbocycles. The third-order valence-corrected chi connectivity index (χ3v) is 4.04. The van der Waals surface area contributed by atoms with Crippen LogP contribution in [0.4, 0.5) is 5.69 Å². The summed E-state index contributed by atoms with van der Waals surface area (Å²) in [6.45, 7) is 2.15. The van der Waals surface area contributed by atoms with E-state index in [0.717, 1.165) is 17.6 Å². The lowest BCUT2D eigenvalue weighted by molar-refractivity contribution is 1.05. The van der Waals surface area contributed by atoms with Gasteiger partial charge in [-0.1, -0.05) is 49.4 Å². The van der Waals surface area contributed by atoms with Crippen molar-refractivity contribution in [2.45, 2.75) is 13.3 Å². The van der Waals surface area contributed by atoms with Crippen LogP contribution in [-0.2, 0) is 6.42 Å². The zero-order chi connectivity index (χ0) is 16.2. The van der Waals surface area contributed by atoms with E-state index in [1.165, 1.54) is 22.2 Å². The van der Waals surface area contributed by atoms with E-state index in [0.29, 0.717) is 0 Å². The molecule has 3 aromatic rings. The zero-order valence-corrected chi connectivity index (χ0v) is 14.0. The van der Waals surface area contributed by atoms with Crippen LogP contribution in [0.25, 0.3) is 23.1 Å². The summed E-state index contributed by atoms with van der Waals surface area (Å²) in [4.78, 5) is 6.89. The van der Waals surface area contributed by atoms with Crippen LogP contribution in [0.3, 0.4) is 0 Å². The average Bonchev–Trinajstić information content (AvgIpc) is 2.59. The van der Waals surface area contributed by atoms with Gasteiger partial charge < -0.3 is 4.90 Å². The summed E-state index contributed by atoms with van der Waals surface area (Å²) in [6, 6.07) is 19.1. The third kappa shape index (κ3) is 3.42. The Morgan fingerprint density at radius 1 is 0.957 bits per heavy atom. The molecule has 0 aliphatic heterocycles. The van der Waals surface area contributed by atoms with Crippen molar-refractivity contribution in [3.63, 3.8) is 0 Å². The normalized spacial score (nSPS) is 11.3. The van der Waals surface area contributed by atoms with Crippen molar-refractivity contribution in [1.29, 1.82) is 0 Å². The second kappa shape index (κ2) is 6.66. The number of aryl methyl sites for hydroxylation is 1. The Labute approximate surface area is 138 Å². The van der Waals surface area contributed by atoms with E-state index in [-0.39, 0.29) is 0 Å². The predicted octanol–water partition coefficient (Wildman–Crippen LogP) is 5.03. The Bertz CT molecular complexity index is 830. The molecule has 3 rings (SSSR count). The van der Waals surface area contributed by atoms with Crippen LogP contribution in [0.2, 0.25) is 0 Å². The van der Waals surface area contributed by atoms with Gasteiger partial charge in [0.05, 0.1) is 5.52 Å². The van der Waals surface area contributed by atoms with Crippen LogP contribution >= 0.6 is 0 Å². The second-order valence-electron chi connectivity index (χ2n) is 5.89. The molecule has 1 heterocycles. The van der Waals surface area contributed by atoms with Gasteiger partial charge in [0.1, 0.15) is 0 Å². The van der Waals surface area contributed by atoms with E-state index in [1.807, 2.05) is 6.07 Å². The van der Waals surface area contributed by atoms with Crippen LogP contribution in [0.5, 0.6) is 0 Å². The molecule has 23 heavy (non-hydrogen) atoms. The Hall–Kier alpha value is -2.61. The highest BCUT2D eigenvalue weighted by Crippen LogP contribution is 2.20. The smallest absolute Gasteiger partial charge is 0.0705 e. The lowest BCUT2D eigenvalue weighted by Gasteiger charge is -2.11. The lowest BCUT2D eigenvalue weighted by Crippen LogP contribution is -2.07. The minimum absolute atomic E-state index is 0.935. The molecule has 0 aliphatic rings. The first-order chi connectivity index (χ1) is 11.2. The molecule has 0 bridgehead atoms. The molecule has 0 N–H and O–H groups in total. The van der Waals surface area contributed by atoms with E-state index in [9.17, 15) is 0 Å². The quantitative estimate of drug-likeness (QED) is 0.671. The van der Waals surface area contributed by atoms with E-state index >= 15 is 0 Å². The van der Waals surface area contributed by atoms with Gasteiger partial charge in [-0.2, -0.15) is 0 Å². The highest BCUT2D eigenvalue weighted by Gasteiger charge is 2.03. The fourth-order valence-electron chi connectivity index (χ4n) is 2.67. The minimum Gasteiger partial charge on any atom is -0.378 e. The second-order valence-corrected chi connectivity index (χ2v) is 5.89. The van der Waals surface area contributed by atoms with Crippen LogP contribution in [0.15, 0.2) is 54.6 Å². The van der Waals surface area contributed by atoms with Gasteiger partial charge in [0, 0.05) is 30.9 Å². The summed E-state index contributed by atoms with van der Waals surface area (Å²) in [5.74, 6) is 0. The van der Waals surface area contributed by atoms with Crippen LogP contribution in [0.1, 0.15) is 23.7 Å². The summed E-state index contributed by atoms with van der Waals surface area (Å²) < 4.78 is 0. The minimum atomic E-state index is 0.935. The molecular formula is C21H22N2. The van der Waals surface area contributed by atoms with Crippen molar-refractivity contribution in [3.05, 3.63) is 71.4 Å². The van der Waals surface area contributed by atoms with E-state index in [2.05, 4.69) is 86.6 Å². The predicted molar refractivity (Wildman–Crippen MR) is 101 cm³/mol. The summed E-state index contributed by atoms with van der Waals surface area (Å²) in [5.41, 5.74) is 5.82. The van der Waals surface area contributed by atoms with Crippen LogP contribution in [-0.4, -0.2) is 19.1 Å². The largest absolute Gasteiger partial charge is 0.378 e. The molecule has 116 valence electrons. The Kier molecular flexibility index (Phi) is 4.42. The zero-order valence-electron chi connectivity index (χ0n) is 14.0. The fourth-order valence-corrected chi connectivity index (χ4v) is 2.67. The van der Waals surface area contributed by atoms with Gasteiger partial charge in [-0.05, 0) is 41.8 Å². The number of para-hydroxylation sites is 1. The molecule has 2 aromatic carbocycles. The highest BCUT2D eigenvalue weighted by molar-refractivity contribution is 5.83. The number of aromatic nitrogens is 1. The molecule has 0 aliphatic carbocycles. The number of rotatable bonds is 4. The molecule has 2 nitrogen and oxygen atoms in total. The van der Waals surface area contributed by atoms with E-state index < -0.39 is 0 Å². The highest BCUT2D eigenvalue weighted by atomic mass is 15.1. The first-order valence-corrected chi connectivity index (χ1v) is 8.01. The molecule has 0 radical (unpaired) electrons. The number of fused-ring (bicyclic) bond motifs is 1. The molecular weight excluding hydrogens is 280 g/mol. The van der Waals surface area contributed by atoms with Gasteiger partial charge >= 0.3 is 0 Å². The molecule has 2 heteroatoms. The molecule has 0 unspecified atom stereocenters. The molecule has 1 aromatic heterocycles. The lowest BCUT2D eigenvalue weighted by atomic mass is 10.1. The number of hydrogen-bond acceptors (Lipinski definition) is 2. The monoisotopic (exact) mass is 302 g/mol. The SMILES string of the molecule is CCc1nc2ccccc2cc1/C=C/c1ccc(N(C)C)cc1. The molecule has 0 saturated heterocycles. The number of benzene rings is 2. The van der Waals surface area contributed by atoms with Crippen LogP contribution < -0.4 is 4.90 Å². The molecule has 0 fully saturated rings. The average molecular weight is 302 g/mol. The van der Waals surface area contributed by atoms with Crippen molar-refractivity contribution in [2.24, 2.45) is 0 Å². The topological polar surface area (TPSA) is 16.1 Å². The van der Waals surface area contributed by atoms with Gasteiger partial charge in [-0.3, -0.25) is 4.98 Å².